The molecule has 2 N–H and O–H groups in total. The third-order valence-electron chi connectivity index (χ3n) is 4.54. The van der Waals surface area contributed by atoms with E-state index in [1.165, 1.54) is 16.8 Å². The lowest BCUT2D eigenvalue weighted by Crippen LogP contribution is -2.37. The summed E-state index contributed by atoms with van der Waals surface area (Å²) in [6.45, 7) is 9.45. The largest absolute Gasteiger partial charge is 0.378 e. The van der Waals surface area contributed by atoms with E-state index in [1.54, 1.807) is 0 Å². The smallest absolute Gasteiger partial charge is 0.0608 e. The lowest BCUT2D eigenvalue weighted by molar-refractivity contribution is 0.0459. The molecule has 3 heteroatoms. The minimum absolute atomic E-state index is 0.275. The van der Waals surface area contributed by atoms with Crippen molar-refractivity contribution in [2.45, 2.75) is 58.6 Å². The first-order chi connectivity index (χ1) is 10.1. The van der Waals surface area contributed by atoms with Crippen LogP contribution in [0.2, 0.25) is 0 Å². The molecule has 0 aliphatic carbocycles. The maximum absolute atomic E-state index is 6.07. The van der Waals surface area contributed by atoms with Crippen LogP contribution in [-0.4, -0.2) is 31.8 Å². The van der Waals surface area contributed by atoms with E-state index in [1.807, 2.05) is 0 Å². The summed E-state index contributed by atoms with van der Waals surface area (Å²) in [5.74, 6) is 0. The van der Waals surface area contributed by atoms with Crippen LogP contribution in [0, 0.1) is 6.92 Å². The molecule has 0 saturated carbocycles. The summed E-state index contributed by atoms with van der Waals surface area (Å²) in [7, 11) is 0. The molecule has 1 aliphatic heterocycles. The van der Waals surface area contributed by atoms with E-state index in [4.69, 9.17) is 10.5 Å². The first-order valence-electron chi connectivity index (χ1n) is 8.35. The van der Waals surface area contributed by atoms with Crippen molar-refractivity contribution in [1.29, 1.82) is 0 Å². The molecule has 2 rings (SSSR count). The highest BCUT2D eigenvalue weighted by Gasteiger charge is 2.19. The van der Waals surface area contributed by atoms with E-state index < -0.39 is 0 Å². The van der Waals surface area contributed by atoms with Crippen molar-refractivity contribution < 1.29 is 4.74 Å². The van der Waals surface area contributed by atoms with Gasteiger partial charge in [-0.05, 0) is 62.8 Å². The molecule has 118 valence electrons. The normalized spacial score (nSPS) is 18.0. The van der Waals surface area contributed by atoms with Crippen molar-refractivity contribution in [2.75, 3.05) is 24.6 Å². The molecule has 0 bridgehead atoms. The predicted molar refractivity (Wildman–Crippen MR) is 90.0 cm³/mol. The fraction of sp³-hybridized carbons (Fsp3) is 0.667. The van der Waals surface area contributed by atoms with E-state index >= 15 is 0 Å². The Hall–Kier alpha value is -1.06. The summed E-state index contributed by atoms with van der Waals surface area (Å²) in [6.07, 6.45) is 4.74. The van der Waals surface area contributed by atoms with Gasteiger partial charge in [0.25, 0.3) is 0 Å². The molecular formula is C18H30N2O. The average molecular weight is 290 g/mol. The number of piperidine rings is 1. The van der Waals surface area contributed by atoms with Gasteiger partial charge in [0.15, 0.2) is 0 Å². The topological polar surface area (TPSA) is 38.5 Å². The van der Waals surface area contributed by atoms with E-state index in [2.05, 4.69) is 43.9 Å². The number of aryl methyl sites for hydroxylation is 1. The molecule has 1 aliphatic rings. The van der Waals surface area contributed by atoms with E-state index in [0.717, 1.165) is 45.4 Å². The summed E-state index contributed by atoms with van der Waals surface area (Å²) in [4.78, 5) is 2.48. The predicted octanol–water partition coefficient (Wildman–Crippen LogP) is 3.28. The van der Waals surface area contributed by atoms with Crippen LogP contribution >= 0.6 is 0 Å². The Morgan fingerprint density at radius 3 is 2.57 bits per heavy atom. The summed E-state index contributed by atoms with van der Waals surface area (Å²) >= 11 is 0. The van der Waals surface area contributed by atoms with Gasteiger partial charge in [0.05, 0.1) is 6.10 Å². The third kappa shape index (κ3) is 4.45. The van der Waals surface area contributed by atoms with Crippen molar-refractivity contribution in [1.82, 2.24) is 0 Å². The maximum Gasteiger partial charge on any atom is 0.0608 e. The molecule has 3 nitrogen and oxygen atoms in total. The standard InChI is InChI=1S/C18H30N2O/c1-4-16(19)13-15-6-7-17(12-14(15)3)20-10-8-18(9-11-20)21-5-2/h6-7,12,16,18H,4-5,8-11,13,19H2,1-3H3. The van der Waals surface area contributed by atoms with E-state index in [9.17, 15) is 0 Å². The molecule has 1 saturated heterocycles. The summed E-state index contributed by atoms with van der Waals surface area (Å²) in [6, 6.07) is 7.11. The van der Waals surface area contributed by atoms with Crippen molar-refractivity contribution in [3.05, 3.63) is 29.3 Å². The van der Waals surface area contributed by atoms with Gasteiger partial charge in [0.1, 0.15) is 0 Å². The fourth-order valence-electron chi connectivity index (χ4n) is 3.05. The number of nitrogens with zero attached hydrogens (tertiary/aromatic N) is 1. The van der Waals surface area contributed by atoms with Crippen LogP contribution in [-0.2, 0) is 11.2 Å². The van der Waals surface area contributed by atoms with Gasteiger partial charge in [-0.2, -0.15) is 0 Å². The summed E-state index contributed by atoms with van der Waals surface area (Å²) < 4.78 is 5.73. The average Bonchev–Trinajstić information content (AvgIpc) is 2.50. The molecule has 0 aromatic heterocycles. The number of rotatable bonds is 6. The minimum Gasteiger partial charge on any atom is -0.378 e. The second-order valence-corrected chi connectivity index (χ2v) is 6.12. The number of ether oxygens (including phenoxy) is 1. The molecule has 21 heavy (non-hydrogen) atoms. The Morgan fingerprint density at radius 2 is 2.00 bits per heavy atom. The molecule has 0 radical (unpaired) electrons. The fourth-order valence-corrected chi connectivity index (χ4v) is 3.05. The van der Waals surface area contributed by atoms with Crippen molar-refractivity contribution in [3.8, 4) is 0 Å². The Labute approximate surface area is 129 Å². The zero-order valence-electron chi connectivity index (χ0n) is 13.8. The van der Waals surface area contributed by atoms with Gasteiger partial charge in [0.2, 0.25) is 0 Å². The monoisotopic (exact) mass is 290 g/mol. The highest BCUT2D eigenvalue weighted by Crippen LogP contribution is 2.24. The second kappa shape index (κ2) is 7.81. The van der Waals surface area contributed by atoms with Gasteiger partial charge >= 0.3 is 0 Å². The van der Waals surface area contributed by atoms with Gasteiger partial charge in [-0.3, -0.25) is 0 Å². The molecule has 1 aromatic carbocycles. The number of benzene rings is 1. The van der Waals surface area contributed by atoms with Crippen molar-refractivity contribution in [2.24, 2.45) is 5.73 Å². The second-order valence-electron chi connectivity index (χ2n) is 6.12. The number of hydrogen-bond donors (Lipinski definition) is 1. The van der Waals surface area contributed by atoms with Crippen LogP contribution in [0.1, 0.15) is 44.2 Å². The SMILES string of the molecule is CCOC1CCN(c2ccc(CC(N)CC)c(C)c2)CC1. The number of anilines is 1. The third-order valence-corrected chi connectivity index (χ3v) is 4.54. The number of hydrogen-bond acceptors (Lipinski definition) is 3. The Morgan fingerprint density at radius 1 is 1.29 bits per heavy atom. The molecule has 1 aromatic rings. The van der Waals surface area contributed by atoms with Crippen LogP contribution in [0.15, 0.2) is 18.2 Å². The van der Waals surface area contributed by atoms with E-state index in [0.29, 0.717) is 6.10 Å². The van der Waals surface area contributed by atoms with Crippen LogP contribution < -0.4 is 10.6 Å². The van der Waals surface area contributed by atoms with Gasteiger partial charge in [-0.1, -0.05) is 13.0 Å². The highest BCUT2D eigenvalue weighted by molar-refractivity contribution is 5.51. The Bertz CT molecular complexity index is 439. The van der Waals surface area contributed by atoms with Gasteiger partial charge in [-0.15, -0.1) is 0 Å². The maximum atomic E-state index is 6.07. The molecule has 1 unspecified atom stereocenters. The molecule has 1 fully saturated rings. The molecule has 1 atom stereocenters. The Kier molecular flexibility index (Phi) is 6.07. The first kappa shape index (κ1) is 16.3. The van der Waals surface area contributed by atoms with E-state index in [-0.39, 0.29) is 6.04 Å². The van der Waals surface area contributed by atoms with Crippen LogP contribution in [0.4, 0.5) is 5.69 Å². The van der Waals surface area contributed by atoms with Crippen molar-refractivity contribution >= 4 is 5.69 Å². The summed E-state index contributed by atoms with van der Waals surface area (Å²) in [5, 5.41) is 0. The zero-order chi connectivity index (χ0) is 15.2. The summed E-state index contributed by atoms with van der Waals surface area (Å²) in [5.41, 5.74) is 10.2. The van der Waals surface area contributed by atoms with Gasteiger partial charge in [0, 0.05) is 31.4 Å². The van der Waals surface area contributed by atoms with Crippen LogP contribution in [0.25, 0.3) is 0 Å². The highest BCUT2D eigenvalue weighted by atomic mass is 16.5. The number of nitrogens with two attached hydrogens (primary N) is 1. The zero-order valence-corrected chi connectivity index (χ0v) is 13.8. The van der Waals surface area contributed by atoms with Gasteiger partial charge in [-0.25, -0.2) is 0 Å². The lowest BCUT2D eigenvalue weighted by atomic mass is 9.98. The van der Waals surface area contributed by atoms with Crippen LogP contribution in [0.3, 0.4) is 0 Å². The van der Waals surface area contributed by atoms with Gasteiger partial charge < -0.3 is 15.4 Å². The van der Waals surface area contributed by atoms with Crippen molar-refractivity contribution in [3.63, 3.8) is 0 Å². The quantitative estimate of drug-likeness (QED) is 0.874. The Balaban J connectivity index is 1.97. The molecule has 0 spiro atoms. The first-order valence-corrected chi connectivity index (χ1v) is 8.35. The molecule has 1 heterocycles. The molecule has 0 amide bonds. The molecular weight excluding hydrogens is 260 g/mol. The minimum atomic E-state index is 0.275. The lowest BCUT2D eigenvalue weighted by Gasteiger charge is -2.33. The van der Waals surface area contributed by atoms with Crippen LogP contribution in [0.5, 0.6) is 0 Å².